The third-order valence-corrected chi connectivity index (χ3v) is 6.22. The highest BCUT2D eigenvalue weighted by atomic mass is 35.5. The third kappa shape index (κ3) is 4.28. The average molecular weight is 427 g/mol. The number of benzene rings is 2. The Kier molecular flexibility index (Phi) is 6.08. The van der Waals surface area contributed by atoms with Gasteiger partial charge in [-0.15, -0.1) is 16.8 Å². The van der Waals surface area contributed by atoms with E-state index in [0.29, 0.717) is 23.1 Å². The molecule has 4 rings (SSSR count). The van der Waals surface area contributed by atoms with Gasteiger partial charge in [-0.2, -0.15) is 8.42 Å². The van der Waals surface area contributed by atoms with Crippen LogP contribution >= 0.6 is 24.0 Å². The summed E-state index contributed by atoms with van der Waals surface area (Å²) in [5.74, 6) is 0.442. The largest absolute Gasteiger partial charge is 0.341 e. The highest BCUT2D eigenvalue weighted by Gasteiger charge is 2.29. The lowest BCUT2D eigenvalue weighted by atomic mass is 10.0. The van der Waals surface area contributed by atoms with E-state index in [1.807, 2.05) is 30.3 Å². The second-order valence-corrected chi connectivity index (χ2v) is 8.39. The van der Waals surface area contributed by atoms with Crippen LogP contribution in [0.5, 0.6) is 0 Å². The van der Waals surface area contributed by atoms with Crippen LogP contribution in [0.15, 0.2) is 57.8 Å². The minimum absolute atomic E-state index is 0. The van der Waals surface area contributed by atoms with Crippen LogP contribution in [0.4, 0.5) is 5.69 Å². The number of sulfonamides is 1. The standard InChI is InChI=1S/C18H19ClN4O2S.ClH/c19-14-5-3-4-13(10-14)16-11-20-8-9-23(16)12-18-21-15-6-1-2-7-17(15)26(24,25)22-18;/h1-7,10,16,20H,8-9,11-12H2,(H,21,22);1H. The molecule has 0 amide bonds. The molecule has 0 spiro atoms. The first kappa shape index (κ1) is 20.1. The number of anilines is 1. The highest BCUT2D eigenvalue weighted by molar-refractivity contribution is 7.90. The van der Waals surface area contributed by atoms with Gasteiger partial charge in [-0.1, -0.05) is 35.9 Å². The molecule has 144 valence electrons. The molecule has 1 fully saturated rings. The number of amidine groups is 1. The van der Waals surface area contributed by atoms with E-state index in [9.17, 15) is 8.42 Å². The monoisotopic (exact) mass is 426 g/mol. The predicted molar refractivity (Wildman–Crippen MR) is 111 cm³/mol. The Labute approximate surface area is 170 Å². The fourth-order valence-electron chi connectivity index (χ4n) is 3.41. The quantitative estimate of drug-likeness (QED) is 0.788. The lowest BCUT2D eigenvalue weighted by molar-refractivity contribution is 0.186. The van der Waals surface area contributed by atoms with Crippen LogP contribution in [-0.4, -0.2) is 45.3 Å². The maximum atomic E-state index is 12.4. The maximum Gasteiger partial charge on any atom is 0.286 e. The van der Waals surface area contributed by atoms with Crippen LogP contribution < -0.4 is 10.6 Å². The van der Waals surface area contributed by atoms with Crippen molar-refractivity contribution in [2.75, 3.05) is 31.5 Å². The molecule has 2 aromatic carbocycles. The molecule has 0 aromatic heterocycles. The van der Waals surface area contributed by atoms with Gasteiger partial charge in [0.25, 0.3) is 10.0 Å². The lowest BCUT2D eigenvalue weighted by Crippen LogP contribution is -2.49. The van der Waals surface area contributed by atoms with Gasteiger partial charge in [0, 0.05) is 30.7 Å². The molecule has 1 atom stereocenters. The number of fused-ring (bicyclic) bond motifs is 1. The Bertz CT molecular complexity index is 965. The molecule has 27 heavy (non-hydrogen) atoms. The zero-order valence-corrected chi connectivity index (χ0v) is 16.8. The number of piperazine rings is 1. The topological polar surface area (TPSA) is 73.8 Å². The van der Waals surface area contributed by atoms with E-state index in [-0.39, 0.29) is 23.3 Å². The summed E-state index contributed by atoms with van der Waals surface area (Å²) >= 11 is 6.14. The van der Waals surface area contributed by atoms with Crippen molar-refractivity contribution in [3.05, 3.63) is 59.1 Å². The summed E-state index contributed by atoms with van der Waals surface area (Å²) in [6.07, 6.45) is 0. The van der Waals surface area contributed by atoms with Crippen molar-refractivity contribution in [1.29, 1.82) is 0 Å². The number of nitrogens with one attached hydrogen (secondary N) is 2. The van der Waals surface area contributed by atoms with Crippen LogP contribution in [0.1, 0.15) is 11.6 Å². The van der Waals surface area contributed by atoms with Crippen molar-refractivity contribution in [1.82, 2.24) is 10.2 Å². The number of hydrogen-bond donors (Lipinski definition) is 2. The molecule has 2 heterocycles. The van der Waals surface area contributed by atoms with E-state index in [2.05, 4.69) is 19.9 Å². The van der Waals surface area contributed by atoms with Crippen LogP contribution in [0.2, 0.25) is 5.02 Å². The van der Waals surface area contributed by atoms with E-state index >= 15 is 0 Å². The van der Waals surface area contributed by atoms with Crippen LogP contribution in [-0.2, 0) is 10.0 Å². The number of halogens is 2. The summed E-state index contributed by atoms with van der Waals surface area (Å²) in [5, 5.41) is 7.25. The fraction of sp³-hybridized carbons (Fsp3) is 0.278. The smallest absolute Gasteiger partial charge is 0.286 e. The Morgan fingerprint density at radius 1 is 1.19 bits per heavy atom. The molecule has 2 aromatic rings. The molecule has 2 N–H and O–H groups in total. The Balaban J connectivity index is 0.00000210. The van der Waals surface area contributed by atoms with E-state index in [1.165, 1.54) is 0 Å². The molecule has 2 aliphatic heterocycles. The van der Waals surface area contributed by atoms with Crippen LogP contribution in [0, 0.1) is 0 Å². The summed E-state index contributed by atoms with van der Waals surface area (Å²) in [6, 6.07) is 14.7. The molecule has 0 saturated carbocycles. The molecule has 9 heteroatoms. The second kappa shape index (κ2) is 8.16. The summed E-state index contributed by atoms with van der Waals surface area (Å²) in [6.45, 7) is 2.83. The molecule has 0 bridgehead atoms. The van der Waals surface area contributed by atoms with Crippen molar-refractivity contribution >= 4 is 45.6 Å². The average Bonchev–Trinajstić information content (AvgIpc) is 2.62. The van der Waals surface area contributed by atoms with Crippen molar-refractivity contribution in [2.45, 2.75) is 10.9 Å². The summed E-state index contributed by atoms with van der Waals surface area (Å²) in [5.41, 5.74) is 1.68. The lowest BCUT2D eigenvalue weighted by Gasteiger charge is -2.37. The molecular weight excluding hydrogens is 407 g/mol. The van der Waals surface area contributed by atoms with E-state index < -0.39 is 10.0 Å². The third-order valence-electron chi connectivity index (χ3n) is 4.61. The number of para-hydroxylation sites is 1. The predicted octanol–water partition coefficient (Wildman–Crippen LogP) is 2.92. The van der Waals surface area contributed by atoms with Gasteiger partial charge in [0.05, 0.1) is 12.2 Å². The van der Waals surface area contributed by atoms with Gasteiger partial charge in [0.1, 0.15) is 10.7 Å². The minimum atomic E-state index is -3.67. The first-order chi connectivity index (χ1) is 12.5. The van der Waals surface area contributed by atoms with Gasteiger partial charge >= 0.3 is 0 Å². The number of hydrogen-bond acceptors (Lipinski definition) is 5. The molecule has 1 saturated heterocycles. The van der Waals surface area contributed by atoms with Gasteiger partial charge in [-0.05, 0) is 29.8 Å². The van der Waals surface area contributed by atoms with Crippen molar-refractivity contribution < 1.29 is 8.42 Å². The van der Waals surface area contributed by atoms with Gasteiger partial charge in [-0.25, -0.2) is 0 Å². The normalized spacial score (nSPS) is 21.4. The summed E-state index contributed by atoms with van der Waals surface area (Å²) in [7, 11) is -3.67. The Hall–Kier alpha value is -1.64. The first-order valence-electron chi connectivity index (χ1n) is 8.43. The van der Waals surface area contributed by atoms with Crippen molar-refractivity contribution in [3.8, 4) is 0 Å². The van der Waals surface area contributed by atoms with Crippen LogP contribution in [0.25, 0.3) is 0 Å². The van der Waals surface area contributed by atoms with E-state index in [1.54, 1.807) is 18.2 Å². The molecule has 6 nitrogen and oxygen atoms in total. The second-order valence-electron chi connectivity index (χ2n) is 6.38. The summed E-state index contributed by atoms with van der Waals surface area (Å²) < 4.78 is 28.9. The van der Waals surface area contributed by atoms with E-state index in [4.69, 9.17) is 11.6 Å². The first-order valence-corrected chi connectivity index (χ1v) is 10.2. The SMILES string of the molecule is Cl.O=S1(=O)N=C(CN2CCNCC2c2cccc(Cl)c2)Nc2ccccc21. The Morgan fingerprint density at radius 2 is 2.00 bits per heavy atom. The van der Waals surface area contributed by atoms with Gasteiger partial charge < -0.3 is 10.6 Å². The van der Waals surface area contributed by atoms with Gasteiger partial charge in [0.15, 0.2) is 0 Å². The van der Waals surface area contributed by atoms with Gasteiger partial charge in [0.2, 0.25) is 0 Å². The maximum absolute atomic E-state index is 12.4. The van der Waals surface area contributed by atoms with E-state index in [0.717, 1.165) is 25.2 Å². The Morgan fingerprint density at radius 3 is 2.81 bits per heavy atom. The highest BCUT2D eigenvalue weighted by Crippen LogP contribution is 2.28. The van der Waals surface area contributed by atoms with Crippen molar-refractivity contribution in [2.24, 2.45) is 4.40 Å². The zero-order valence-electron chi connectivity index (χ0n) is 14.4. The fourth-order valence-corrected chi connectivity index (χ4v) is 4.74. The molecular formula is C18H20Cl2N4O2S. The molecule has 0 radical (unpaired) electrons. The molecule has 0 aliphatic carbocycles. The number of nitrogens with zero attached hydrogens (tertiary/aromatic N) is 2. The van der Waals surface area contributed by atoms with Crippen LogP contribution in [0.3, 0.4) is 0 Å². The van der Waals surface area contributed by atoms with Gasteiger partial charge in [-0.3, -0.25) is 4.90 Å². The molecule has 2 aliphatic rings. The molecule has 1 unspecified atom stereocenters. The summed E-state index contributed by atoms with van der Waals surface area (Å²) in [4.78, 5) is 2.44. The zero-order chi connectivity index (χ0) is 18.1. The number of rotatable bonds is 3. The minimum Gasteiger partial charge on any atom is -0.341 e. The van der Waals surface area contributed by atoms with Crippen molar-refractivity contribution in [3.63, 3.8) is 0 Å².